The van der Waals surface area contributed by atoms with Crippen LogP contribution in [-0.4, -0.2) is 51.1 Å². The fourth-order valence-electron chi connectivity index (χ4n) is 4.55. The Labute approximate surface area is 164 Å². The number of rotatable bonds is 6. The highest BCUT2D eigenvalue weighted by Gasteiger charge is 2.66. The van der Waals surface area contributed by atoms with Crippen LogP contribution in [0.4, 0.5) is 17.1 Å². The molecule has 0 aromatic heterocycles. The lowest BCUT2D eigenvalue weighted by atomic mass is 9.84. The van der Waals surface area contributed by atoms with Gasteiger partial charge in [-0.15, -0.1) is 0 Å². The molecule has 4 rings (SSSR count). The van der Waals surface area contributed by atoms with E-state index in [1.165, 1.54) is 0 Å². The summed E-state index contributed by atoms with van der Waals surface area (Å²) in [6, 6.07) is 5.40. The summed E-state index contributed by atoms with van der Waals surface area (Å²) >= 11 is 0. The van der Waals surface area contributed by atoms with Gasteiger partial charge < -0.3 is 10.0 Å². The number of quaternary nitrogens is 1. The molecular weight excluding hydrogens is 360 g/mol. The first-order chi connectivity index (χ1) is 13.3. The second-order valence-corrected chi connectivity index (χ2v) is 7.80. The van der Waals surface area contributed by atoms with Gasteiger partial charge >= 0.3 is 0 Å². The van der Waals surface area contributed by atoms with E-state index in [2.05, 4.69) is 0 Å². The van der Waals surface area contributed by atoms with Crippen LogP contribution < -0.4 is 14.8 Å². The van der Waals surface area contributed by atoms with E-state index in [9.17, 15) is 20.3 Å². The molecule has 1 aromatic carbocycles. The van der Waals surface area contributed by atoms with Gasteiger partial charge in [0.1, 0.15) is 11.4 Å². The van der Waals surface area contributed by atoms with Gasteiger partial charge in [-0.2, -0.15) is 15.3 Å². The Balaban J connectivity index is 1.88. The Kier molecular flexibility index (Phi) is 4.27. The summed E-state index contributed by atoms with van der Waals surface area (Å²) < 4.78 is -0.669. The van der Waals surface area contributed by atoms with Crippen LogP contribution in [-0.2, 0) is 4.79 Å². The predicted octanol–water partition coefficient (Wildman–Crippen LogP) is 2.36. The number of anilines is 2. The van der Waals surface area contributed by atoms with Gasteiger partial charge in [0.2, 0.25) is 11.9 Å². The number of aliphatic hydroxyl groups excluding tert-OH is 1. The van der Waals surface area contributed by atoms with Crippen molar-refractivity contribution in [1.82, 2.24) is 9.66 Å². The van der Waals surface area contributed by atoms with E-state index in [4.69, 9.17) is 0 Å². The molecule has 3 aliphatic rings. The van der Waals surface area contributed by atoms with Gasteiger partial charge in [-0.1, -0.05) is 20.8 Å². The Bertz CT molecular complexity index is 854. The van der Waals surface area contributed by atoms with Gasteiger partial charge in [-0.25, -0.2) is 0 Å². The highest BCUT2D eigenvalue weighted by atomic mass is 16.6. The van der Waals surface area contributed by atoms with Gasteiger partial charge in [-0.3, -0.25) is 10.0 Å². The average molecular weight is 387 g/mol. The molecule has 8 nitrogen and oxygen atoms in total. The Morgan fingerprint density at radius 1 is 1.29 bits per heavy atom. The zero-order valence-corrected chi connectivity index (χ0v) is 16.4. The van der Waals surface area contributed by atoms with Crippen LogP contribution in [0, 0.1) is 5.92 Å². The van der Waals surface area contributed by atoms with Crippen molar-refractivity contribution in [3.63, 3.8) is 0 Å². The number of aliphatic hydroxyl groups is 1. The van der Waals surface area contributed by atoms with E-state index >= 15 is 0 Å². The summed E-state index contributed by atoms with van der Waals surface area (Å²) in [5.74, 6) is -0.345. The quantitative estimate of drug-likeness (QED) is 0.646. The number of hydroxylamine groups is 2. The first-order valence-corrected chi connectivity index (χ1v) is 9.65. The van der Waals surface area contributed by atoms with Gasteiger partial charge in [0.25, 0.3) is 0 Å². The molecule has 2 bridgehead atoms. The maximum atomic E-state index is 13.5. The molecule has 0 saturated carbocycles. The van der Waals surface area contributed by atoms with E-state index in [0.29, 0.717) is 30.0 Å². The SMILES string of the molecule is CCC1N(O)c2ccc3cc2[N+]1(O)N3C1(C(=O)C(C)C)C=CN(CCO)C=C1. The monoisotopic (exact) mass is 387 g/mol. The zero-order valence-electron chi connectivity index (χ0n) is 16.4. The Hall–Kier alpha value is -2.39. The van der Waals surface area contributed by atoms with Crippen LogP contribution in [0.3, 0.4) is 0 Å². The number of fused-ring (bicyclic) bond motifs is 1. The number of β-amino-alcohol motifs (C(OH)–C–C–N with tert-alkyl or cyclic N) is 1. The first kappa shape index (κ1) is 18.9. The van der Waals surface area contributed by atoms with Crippen LogP contribution >= 0.6 is 0 Å². The van der Waals surface area contributed by atoms with E-state index in [1.807, 2.05) is 26.8 Å². The third-order valence-corrected chi connectivity index (χ3v) is 5.84. The molecule has 8 heteroatoms. The van der Waals surface area contributed by atoms with E-state index < -0.39 is 16.5 Å². The normalized spacial score (nSPS) is 26.7. The standard InChI is InChI=1S/C20H27N4O4/c1-4-18-22(27)16-6-5-15-13-17(16)24(18,28)23(15)20(19(26)14(2)3)7-9-21(10-8-20)11-12-25/h5-10,13-14,18,25,27-28H,4,11-12H2,1-3H3/q+1. The molecule has 0 fully saturated rings. The minimum atomic E-state index is -1.22. The molecule has 150 valence electrons. The Morgan fingerprint density at radius 3 is 2.54 bits per heavy atom. The predicted molar refractivity (Wildman–Crippen MR) is 105 cm³/mol. The topological polar surface area (TPSA) is 87.5 Å². The number of nitrogens with zero attached hydrogens (tertiary/aromatic N) is 4. The molecule has 0 radical (unpaired) electrons. The van der Waals surface area contributed by atoms with Crippen LogP contribution in [0.2, 0.25) is 0 Å². The Morgan fingerprint density at radius 2 is 1.96 bits per heavy atom. The van der Waals surface area contributed by atoms with Crippen molar-refractivity contribution in [2.45, 2.75) is 38.9 Å². The van der Waals surface area contributed by atoms with Gasteiger partial charge in [0, 0.05) is 37.3 Å². The summed E-state index contributed by atoms with van der Waals surface area (Å²) in [7, 11) is 0. The molecule has 2 unspecified atom stereocenters. The summed E-state index contributed by atoms with van der Waals surface area (Å²) in [6.07, 6.45) is 6.88. The number of carbonyl (C=O) groups is 1. The maximum absolute atomic E-state index is 13.5. The second kappa shape index (κ2) is 6.31. The molecule has 3 N–H and O–H groups in total. The number of Topliss-reactive ketones (excluding diaryl/α,β-unsaturated/α-hetero) is 1. The van der Waals surface area contributed by atoms with Crippen molar-refractivity contribution < 1.29 is 20.3 Å². The lowest BCUT2D eigenvalue weighted by Crippen LogP contribution is -2.73. The summed E-state index contributed by atoms with van der Waals surface area (Å²) in [5.41, 5.74) is 0.591. The summed E-state index contributed by atoms with van der Waals surface area (Å²) in [4.78, 5) is 15.3. The van der Waals surface area contributed by atoms with E-state index in [1.54, 1.807) is 46.6 Å². The van der Waals surface area contributed by atoms with Crippen LogP contribution in [0.15, 0.2) is 42.8 Å². The second-order valence-electron chi connectivity index (χ2n) is 7.80. The lowest BCUT2D eigenvalue weighted by molar-refractivity contribution is -0.147. The van der Waals surface area contributed by atoms with E-state index in [0.717, 1.165) is 5.06 Å². The molecule has 2 atom stereocenters. The van der Waals surface area contributed by atoms with E-state index in [-0.39, 0.29) is 18.3 Å². The average Bonchev–Trinajstić information content (AvgIpc) is 3.03. The number of hydrogen-bond acceptors (Lipinski definition) is 7. The van der Waals surface area contributed by atoms with Crippen molar-refractivity contribution in [3.8, 4) is 0 Å². The molecule has 0 saturated heterocycles. The number of carbonyl (C=O) groups excluding carboxylic acids is 1. The molecule has 0 amide bonds. The van der Waals surface area contributed by atoms with Crippen molar-refractivity contribution in [3.05, 3.63) is 42.8 Å². The zero-order chi connectivity index (χ0) is 20.3. The molecule has 0 spiro atoms. The van der Waals surface area contributed by atoms with Crippen LogP contribution in [0.25, 0.3) is 0 Å². The largest absolute Gasteiger partial charge is 0.395 e. The van der Waals surface area contributed by atoms with Crippen molar-refractivity contribution in [1.29, 1.82) is 0 Å². The van der Waals surface area contributed by atoms with Gasteiger partial charge in [-0.05, 0) is 29.0 Å². The minimum absolute atomic E-state index is 0.00889. The fraction of sp³-hybridized carbons (Fsp3) is 0.450. The molecule has 0 aliphatic carbocycles. The van der Waals surface area contributed by atoms with Crippen LogP contribution in [0.5, 0.6) is 0 Å². The van der Waals surface area contributed by atoms with Crippen LogP contribution in [0.1, 0.15) is 27.2 Å². The highest BCUT2D eigenvalue weighted by molar-refractivity contribution is 6.00. The van der Waals surface area contributed by atoms with Crippen molar-refractivity contribution in [2.24, 2.45) is 5.92 Å². The number of ketones is 1. The molecular formula is C20H27N4O4+. The lowest BCUT2D eigenvalue weighted by Gasteiger charge is -2.47. The molecule has 1 aromatic rings. The molecule has 3 aliphatic heterocycles. The highest BCUT2D eigenvalue weighted by Crippen LogP contribution is 2.55. The molecule has 3 heterocycles. The first-order valence-electron chi connectivity index (χ1n) is 9.65. The summed E-state index contributed by atoms with van der Waals surface area (Å²) in [5, 5.41) is 34.5. The molecule has 28 heavy (non-hydrogen) atoms. The van der Waals surface area contributed by atoms with Gasteiger partial charge in [0.15, 0.2) is 11.3 Å². The summed E-state index contributed by atoms with van der Waals surface area (Å²) in [6.45, 7) is 5.97. The third-order valence-electron chi connectivity index (χ3n) is 5.84. The van der Waals surface area contributed by atoms with Crippen molar-refractivity contribution >= 4 is 22.8 Å². The smallest absolute Gasteiger partial charge is 0.246 e. The minimum Gasteiger partial charge on any atom is -0.395 e. The fourth-order valence-corrected chi connectivity index (χ4v) is 4.55. The van der Waals surface area contributed by atoms with Crippen molar-refractivity contribution in [2.75, 3.05) is 23.2 Å². The third kappa shape index (κ3) is 2.23. The van der Waals surface area contributed by atoms with Gasteiger partial charge in [0.05, 0.1) is 6.61 Å². The number of benzene rings is 1. The number of hydrogen-bond donors (Lipinski definition) is 3. The maximum Gasteiger partial charge on any atom is 0.246 e.